The van der Waals surface area contributed by atoms with Gasteiger partial charge in [0.15, 0.2) is 0 Å². The van der Waals surface area contributed by atoms with Gasteiger partial charge in [-0.05, 0) is 55.2 Å². The topological polar surface area (TPSA) is 131 Å². The molecule has 1 aliphatic carbocycles. The average Bonchev–Trinajstić information content (AvgIpc) is 3.21. The summed E-state index contributed by atoms with van der Waals surface area (Å²) in [5.74, 6) is -1.51. The maximum absolute atomic E-state index is 13.6. The second-order valence-electron chi connectivity index (χ2n) is 8.10. The number of para-hydroxylation sites is 1. The third-order valence-electron chi connectivity index (χ3n) is 5.55. The summed E-state index contributed by atoms with van der Waals surface area (Å²) in [5.41, 5.74) is 4.31. The molecule has 0 aliphatic heterocycles. The summed E-state index contributed by atoms with van der Waals surface area (Å²) in [5, 5.41) is 15.5. The highest BCUT2D eigenvalue weighted by Gasteiger charge is 2.44. The highest BCUT2D eigenvalue weighted by molar-refractivity contribution is 6.34. The van der Waals surface area contributed by atoms with E-state index >= 15 is 0 Å². The molecular weight excluding hydrogens is 469 g/mol. The van der Waals surface area contributed by atoms with Crippen LogP contribution < -0.4 is 21.1 Å². The van der Waals surface area contributed by atoms with E-state index in [1.54, 1.807) is 48.5 Å². The Bertz CT molecular complexity index is 1000. The van der Waals surface area contributed by atoms with Gasteiger partial charge in [0.05, 0.1) is 12.5 Å². The molecule has 1 fully saturated rings. The van der Waals surface area contributed by atoms with Crippen molar-refractivity contribution >= 4 is 41.1 Å². The normalized spacial score (nSPS) is 19.3. The number of primary amides is 1. The van der Waals surface area contributed by atoms with Crippen LogP contribution in [0.4, 0.5) is 4.79 Å². The van der Waals surface area contributed by atoms with Gasteiger partial charge in [-0.15, -0.1) is 0 Å². The lowest BCUT2D eigenvalue weighted by Crippen LogP contribution is -2.61. The van der Waals surface area contributed by atoms with Gasteiger partial charge in [0.1, 0.15) is 5.75 Å². The van der Waals surface area contributed by atoms with E-state index in [4.69, 9.17) is 33.7 Å². The summed E-state index contributed by atoms with van der Waals surface area (Å²) in [6, 6.07) is 12.4. The first kappa shape index (κ1) is 24.7. The van der Waals surface area contributed by atoms with Crippen molar-refractivity contribution in [2.45, 2.75) is 37.3 Å². The third-order valence-corrected chi connectivity index (χ3v) is 5.98. The van der Waals surface area contributed by atoms with E-state index in [1.807, 2.05) is 0 Å². The molecule has 0 bridgehead atoms. The van der Waals surface area contributed by atoms with E-state index in [2.05, 4.69) is 10.6 Å². The van der Waals surface area contributed by atoms with Crippen molar-refractivity contribution in [2.75, 3.05) is 6.54 Å². The number of nitrogens with one attached hydrogen (secondary N) is 2. The van der Waals surface area contributed by atoms with Crippen molar-refractivity contribution in [1.29, 1.82) is 0 Å². The maximum Gasteiger partial charge on any atom is 0.312 e. The third kappa shape index (κ3) is 6.76. The van der Waals surface area contributed by atoms with Gasteiger partial charge in [-0.1, -0.05) is 41.4 Å². The molecule has 0 radical (unpaired) electrons. The molecule has 1 aliphatic rings. The molecule has 1 saturated carbocycles. The molecule has 3 atom stereocenters. The number of carbonyl (C=O) groups is 3. The highest BCUT2D eigenvalue weighted by atomic mass is 35.5. The SMILES string of the molecule is NC(=O)NCC(Cc1cc(Cl)cc(Cl)c1)(Oc1ccccc1)C(=O)NC1CCC(C(=O)O)C1. The van der Waals surface area contributed by atoms with Crippen LogP contribution in [0.1, 0.15) is 24.8 Å². The number of hydrogen-bond donors (Lipinski definition) is 4. The smallest absolute Gasteiger partial charge is 0.312 e. The number of hydrogen-bond acceptors (Lipinski definition) is 4. The van der Waals surface area contributed by atoms with Crippen LogP contribution in [0, 0.1) is 5.92 Å². The lowest BCUT2D eigenvalue weighted by Gasteiger charge is -2.34. The van der Waals surface area contributed by atoms with E-state index in [-0.39, 0.29) is 19.0 Å². The number of aliphatic carboxylic acids is 1. The maximum atomic E-state index is 13.6. The Morgan fingerprint density at radius 3 is 2.33 bits per heavy atom. The van der Waals surface area contributed by atoms with E-state index in [0.717, 1.165) is 0 Å². The van der Waals surface area contributed by atoms with Crippen LogP contribution in [0.5, 0.6) is 5.75 Å². The highest BCUT2D eigenvalue weighted by Crippen LogP contribution is 2.29. The van der Waals surface area contributed by atoms with Crippen LogP contribution in [0.25, 0.3) is 0 Å². The minimum Gasteiger partial charge on any atom is -0.481 e. The first-order chi connectivity index (χ1) is 15.7. The fourth-order valence-corrected chi connectivity index (χ4v) is 4.55. The molecule has 0 spiro atoms. The van der Waals surface area contributed by atoms with E-state index in [9.17, 15) is 19.5 Å². The number of nitrogens with two attached hydrogens (primary N) is 1. The largest absolute Gasteiger partial charge is 0.481 e. The van der Waals surface area contributed by atoms with Crippen molar-refractivity contribution in [3.63, 3.8) is 0 Å². The monoisotopic (exact) mass is 493 g/mol. The predicted octanol–water partition coefficient (Wildman–Crippen LogP) is 3.39. The van der Waals surface area contributed by atoms with Crippen molar-refractivity contribution in [1.82, 2.24) is 10.6 Å². The van der Waals surface area contributed by atoms with Gasteiger partial charge in [0, 0.05) is 22.5 Å². The Labute approximate surface area is 201 Å². The van der Waals surface area contributed by atoms with Crippen LogP contribution in [0.2, 0.25) is 10.0 Å². The zero-order chi connectivity index (χ0) is 24.0. The molecule has 10 heteroatoms. The lowest BCUT2D eigenvalue weighted by atomic mass is 9.92. The molecule has 2 aromatic carbocycles. The molecule has 3 unspecified atom stereocenters. The fourth-order valence-electron chi connectivity index (χ4n) is 3.98. The number of rotatable bonds is 9. The molecule has 8 nitrogen and oxygen atoms in total. The van der Waals surface area contributed by atoms with Crippen LogP contribution in [0.3, 0.4) is 0 Å². The molecule has 0 aromatic heterocycles. The van der Waals surface area contributed by atoms with Crippen LogP contribution >= 0.6 is 23.2 Å². The number of amides is 3. The number of carbonyl (C=O) groups excluding carboxylic acids is 2. The molecule has 33 heavy (non-hydrogen) atoms. The summed E-state index contributed by atoms with van der Waals surface area (Å²) in [7, 11) is 0. The summed E-state index contributed by atoms with van der Waals surface area (Å²) in [4.78, 5) is 36.5. The molecule has 0 saturated heterocycles. The lowest BCUT2D eigenvalue weighted by molar-refractivity contribution is -0.142. The van der Waals surface area contributed by atoms with E-state index < -0.39 is 29.4 Å². The summed E-state index contributed by atoms with van der Waals surface area (Å²) >= 11 is 12.3. The predicted molar refractivity (Wildman–Crippen MR) is 124 cm³/mol. The van der Waals surface area contributed by atoms with Crippen molar-refractivity contribution in [3.8, 4) is 5.75 Å². The number of ether oxygens (including phenoxy) is 1. The minimum atomic E-state index is -1.61. The molecular formula is C23H25Cl2N3O5. The molecule has 176 valence electrons. The first-order valence-corrected chi connectivity index (χ1v) is 11.2. The molecule has 0 heterocycles. The Morgan fingerprint density at radius 2 is 1.76 bits per heavy atom. The minimum absolute atomic E-state index is 0.0172. The number of urea groups is 1. The van der Waals surface area contributed by atoms with Gasteiger partial charge in [0.25, 0.3) is 5.91 Å². The average molecular weight is 494 g/mol. The quantitative estimate of drug-likeness (QED) is 0.425. The Kier molecular flexibility index (Phi) is 8.05. The van der Waals surface area contributed by atoms with E-state index in [0.29, 0.717) is 40.6 Å². The number of carboxylic acid groups (broad SMARTS) is 1. The molecule has 3 amide bonds. The zero-order valence-corrected chi connectivity index (χ0v) is 19.2. The number of benzene rings is 2. The molecule has 2 aromatic rings. The van der Waals surface area contributed by atoms with Gasteiger partial charge in [-0.2, -0.15) is 0 Å². The van der Waals surface area contributed by atoms with Crippen LogP contribution in [0.15, 0.2) is 48.5 Å². The second-order valence-corrected chi connectivity index (χ2v) is 8.97. The Hall–Kier alpha value is -2.97. The summed E-state index contributed by atoms with van der Waals surface area (Å²) in [6.07, 6.45) is 1.32. The van der Waals surface area contributed by atoms with Crippen molar-refractivity contribution in [3.05, 3.63) is 64.1 Å². The van der Waals surface area contributed by atoms with Crippen molar-refractivity contribution < 1.29 is 24.2 Å². The summed E-state index contributed by atoms with van der Waals surface area (Å²) < 4.78 is 6.20. The van der Waals surface area contributed by atoms with Gasteiger partial charge >= 0.3 is 12.0 Å². The van der Waals surface area contributed by atoms with Crippen LogP contribution in [-0.4, -0.2) is 41.2 Å². The fraction of sp³-hybridized carbons (Fsp3) is 0.348. The van der Waals surface area contributed by atoms with Gasteiger partial charge in [-0.3, -0.25) is 9.59 Å². The van der Waals surface area contributed by atoms with E-state index in [1.165, 1.54) is 0 Å². The van der Waals surface area contributed by atoms with Gasteiger partial charge in [0.2, 0.25) is 5.60 Å². The van der Waals surface area contributed by atoms with Crippen LogP contribution in [-0.2, 0) is 16.0 Å². The Morgan fingerprint density at radius 1 is 1.09 bits per heavy atom. The standard InChI is InChI=1S/C23H25Cl2N3O5/c24-16-8-14(9-17(25)11-16)12-23(13-27-22(26)32,33-19-4-2-1-3-5-19)21(31)28-18-7-6-15(10-18)20(29)30/h1-5,8-9,11,15,18H,6-7,10,12-13H2,(H,28,31)(H,29,30)(H3,26,27,32). The number of carboxylic acids is 1. The molecule has 3 rings (SSSR count). The first-order valence-electron chi connectivity index (χ1n) is 10.4. The van der Waals surface area contributed by atoms with Gasteiger partial charge < -0.3 is 26.2 Å². The van der Waals surface area contributed by atoms with Crippen molar-refractivity contribution in [2.24, 2.45) is 11.7 Å². The second kappa shape index (κ2) is 10.8. The Balaban J connectivity index is 1.95. The number of halogens is 2. The van der Waals surface area contributed by atoms with Gasteiger partial charge in [-0.25, -0.2) is 4.79 Å². The summed E-state index contributed by atoms with van der Waals surface area (Å²) in [6.45, 7) is -0.234. The molecule has 5 N–H and O–H groups in total. The zero-order valence-electron chi connectivity index (χ0n) is 17.7.